The number of nitrogens with one attached hydrogen (secondary N) is 2. The smallest absolute Gasteiger partial charge is 0.394 e. The maximum absolute atomic E-state index is 12.5. The molecule has 3 heterocycles. The van der Waals surface area contributed by atoms with Crippen LogP contribution in [0.5, 0.6) is 0 Å². The van der Waals surface area contributed by atoms with Gasteiger partial charge in [0.2, 0.25) is 5.91 Å². The number of ether oxygens (including phenoxy) is 2. The molecular formula is C17H26N6Na2O17P2. The van der Waals surface area contributed by atoms with Crippen LogP contribution in [0.25, 0.3) is 10.4 Å². The summed E-state index contributed by atoms with van der Waals surface area (Å²) >= 11 is 0. The fourth-order valence-electron chi connectivity index (χ4n) is 3.85. The Hall–Kier alpha value is -0.560. The quantitative estimate of drug-likeness (QED) is 0.0325. The number of aromatic nitrogens is 2. The number of carbonyl (C=O) groups is 1. The van der Waals surface area contributed by atoms with Crippen LogP contribution in [0.1, 0.15) is 6.23 Å². The molecule has 9 N–H and O–H groups in total. The number of H-pyrrole nitrogens is 1. The van der Waals surface area contributed by atoms with Crippen molar-refractivity contribution in [2.75, 3.05) is 19.8 Å². The molecule has 2 aliphatic heterocycles. The number of rotatable bonds is 12. The minimum Gasteiger partial charge on any atom is -0.394 e. The molecule has 11 atom stereocenters. The fourth-order valence-corrected chi connectivity index (χ4v) is 6.01. The Balaban J connectivity index is 0.00000484. The van der Waals surface area contributed by atoms with E-state index >= 15 is 0 Å². The Morgan fingerprint density at radius 2 is 1.70 bits per heavy atom. The minimum atomic E-state index is -5.73. The molecule has 23 nitrogen and oxygen atoms in total. The first-order valence-electron chi connectivity index (χ1n) is 11.5. The monoisotopic (exact) mass is 694 g/mol. The molecule has 0 bridgehead atoms. The SMILES string of the molecule is [N-]=[N+]=NCC(=O)N[C@H]1[C@@H](OP(=O)(O)OP(=O)(O)OC[C@H]2O[C@@H](n3ccc(=O)[nH]c3=O)[C@H](O)[C@@H]2O)O[C@H](CO)[C@H](O)[C@@H]1O.[Na].[Na]. The molecule has 0 saturated carbocycles. The van der Waals surface area contributed by atoms with E-state index < -0.39 is 108 Å². The van der Waals surface area contributed by atoms with Crippen molar-refractivity contribution in [3.05, 3.63) is 43.5 Å². The first kappa shape index (κ1) is 41.5. The summed E-state index contributed by atoms with van der Waals surface area (Å²) in [4.78, 5) is 59.4. The first-order valence-corrected chi connectivity index (χ1v) is 14.5. The van der Waals surface area contributed by atoms with E-state index in [-0.39, 0.29) is 59.1 Å². The summed E-state index contributed by atoms with van der Waals surface area (Å²) < 4.78 is 49.3. The van der Waals surface area contributed by atoms with Gasteiger partial charge in [-0.1, -0.05) is 5.11 Å². The number of azide groups is 1. The molecule has 44 heavy (non-hydrogen) atoms. The van der Waals surface area contributed by atoms with Gasteiger partial charge in [0, 0.05) is 76.3 Å². The molecule has 1 aromatic rings. The Morgan fingerprint density at radius 1 is 1.07 bits per heavy atom. The molecule has 238 valence electrons. The number of phosphoric ester groups is 2. The van der Waals surface area contributed by atoms with Crippen LogP contribution in [0, 0.1) is 0 Å². The Labute approximate surface area is 289 Å². The van der Waals surface area contributed by atoms with Gasteiger partial charge in [-0.2, -0.15) is 4.31 Å². The third-order valence-corrected chi connectivity index (χ3v) is 8.39. The normalized spacial score (nSPS) is 32.6. The molecule has 3 rings (SSSR count). The van der Waals surface area contributed by atoms with Crippen molar-refractivity contribution >= 4 is 80.7 Å². The Kier molecular flexibility index (Phi) is 16.5. The van der Waals surface area contributed by atoms with Gasteiger partial charge in [0.25, 0.3) is 5.56 Å². The molecule has 1 aromatic heterocycles. The van der Waals surface area contributed by atoms with E-state index in [0.717, 1.165) is 12.3 Å². The number of carbonyl (C=O) groups excluding carboxylic acids is 1. The van der Waals surface area contributed by atoms with Gasteiger partial charge in [-0.15, -0.1) is 0 Å². The van der Waals surface area contributed by atoms with Crippen molar-refractivity contribution in [3.8, 4) is 0 Å². The topological polar surface area (TPSA) is 355 Å². The van der Waals surface area contributed by atoms with Crippen LogP contribution in [0.15, 0.2) is 27.0 Å². The zero-order valence-corrected chi connectivity index (χ0v) is 28.7. The average Bonchev–Trinajstić information content (AvgIpc) is 3.18. The van der Waals surface area contributed by atoms with Crippen molar-refractivity contribution in [3.63, 3.8) is 0 Å². The number of aromatic amines is 1. The molecular weight excluding hydrogens is 668 g/mol. The Bertz CT molecular complexity index is 1400. The second-order valence-electron chi connectivity index (χ2n) is 8.67. The zero-order valence-electron chi connectivity index (χ0n) is 22.9. The molecule has 0 aliphatic carbocycles. The molecule has 1 amide bonds. The van der Waals surface area contributed by atoms with Crippen molar-refractivity contribution in [1.82, 2.24) is 14.9 Å². The van der Waals surface area contributed by atoms with Crippen LogP contribution >= 0.6 is 15.6 Å². The van der Waals surface area contributed by atoms with Gasteiger partial charge in [-0.05, 0) is 5.53 Å². The summed E-state index contributed by atoms with van der Waals surface area (Å²) in [5.74, 6) is -1.08. The number of amides is 1. The number of phosphoric acid groups is 2. The van der Waals surface area contributed by atoms with Gasteiger partial charge < -0.3 is 50.1 Å². The van der Waals surface area contributed by atoms with Crippen LogP contribution in [-0.4, -0.2) is 179 Å². The van der Waals surface area contributed by atoms with E-state index in [4.69, 9.17) is 15.0 Å². The summed E-state index contributed by atoms with van der Waals surface area (Å²) in [6.45, 7) is -2.85. The zero-order chi connectivity index (χ0) is 31.4. The number of aliphatic hydroxyl groups is 5. The largest absolute Gasteiger partial charge is 0.483 e. The van der Waals surface area contributed by atoms with E-state index in [0.29, 0.717) is 4.57 Å². The van der Waals surface area contributed by atoms with E-state index in [1.54, 1.807) is 0 Å². The van der Waals surface area contributed by atoms with Crippen molar-refractivity contribution in [2.45, 2.75) is 55.2 Å². The number of hydrogen-bond acceptors (Lipinski definition) is 16. The van der Waals surface area contributed by atoms with Gasteiger partial charge in [-0.25, -0.2) is 13.9 Å². The van der Waals surface area contributed by atoms with E-state index in [9.17, 15) is 58.8 Å². The maximum atomic E-state index is 12.5. The minimum absolute atomic E-state index is 0. The van der Waals surface area contributed by atoms with Gasteiger partial charge >= 0.3 is 21.3 Å². The summed E-state index contributed by atoms with van der Waals surface area (Å²) in [5, 5.41) is 55.1. The Morgan fingerprint density at radius 3 is 2.30 bits per heavy atom. The predicted molar refractivity (Wildman–Crippen MR) is 140 cm³/mol. The maximum Gasteiger partial charge on any atom is 0.483 e. The van der Waals surface area contributed by atoms with E-state index in [1.165, 1.54) is 0 Å². The molecule has 2 saturated heterocycles. The average molecular weight is 694 g/mol. The van der Waals surface area contributed by atoms with E-state index in [2.05, 4.69) is 23.4 Å². The van der Waals surface area contributed by atoms with E-state index in [1.807, 2.05) is 10.3 Å². The number of aliphatic hydroxyl groups excluding tert-OH is 5. The van der Waals surface area contributed by atoms with Crippen LogP contribution in [0.4, 0.5) is 0 Å². The second-order valence-corrected chi connectivity index (χ2v) is 11.7. The second kappa shape index (κ2) is 17.6. The van der Waals surface area contributed by atoms with Gasteiger partial charge in [0.05, 0.1) is 13.2 Å². The summed E-state index contributed by atoms with van der Waals surface area (Å²) in [6, 6.07) is -0.958. The van der Waals surface area contributed by atoms with Crippen molar-refractivity contribution in [2.24, 2.45) is 5.11 Å². The predicted octanol–water partition coefficient (Wildman–Crippen LogP) is -5.12. The van der Waals surface area contributed by atoms with Gasteiger partial charge in [0.15, 0.2) is 12.5 Å². The number of hydrogen-bond donors (Lipinski definition) is 9. The van der Waals surface area contributed by atoms with Crippen molar-refractivity contribution < 1.29 is 72.1 Å². The summed E-state index contributed by atoms with van der Waals surface area (Å²) in [5.41, 5.74) is 6.54. The third-order valence-electron chi connectivity index (χ3n) is 5.79. The van der Waals surface area contributed by atoms with Crippen LogP contribution < -0.4 is 16.6 Å². The standard InChI is InChI=1S/C17H26N6O17P2.2Na/c18-22-19-3-9(26)20-10-13(29)11(27)6(4-24)38-16(10)39-42(34,35)40-41(32,33)36-5-7-12(28)14(30)15(37-7)23-2-1-8(25)21-17(23)31;;/h1-2,6-7,10-16,24,27-30H,3-5H2,(H,20,26)(H,32,33)(H,34,35)(H,21,25,31);;/t6-,7-,10-,11+,12-,13-,14-,15-,16-;;/m1../s1. The number of nitrogens with zero attached hydrogens (tertiary/aromatic N) is 4. The first-order chi connectivity index (χ1) is 19.6. The third kappa shape index (κ3) is 10.7. The van der Waals surface area contributed by atoms with Gasteiger partial charge in [-0.3, -0.25) is 28.2 Å². The fraction of sp³-hybridized carbons (Fsp3) is 0.706. The molecule has 0 spiro atoms. The molecule has 2 radical (unpaired) electrons. The molecule has 2 fully saturated rings. The summed E-state index contributed by atoms with van der Waals surface area (Å²) in [6.07, 6.45) is -13.6. The molecule has 27 heteroatoms. The van der Waals surface area contributed by atoms with Gasteiger partial charge in [0.1, 0.15) is 49.2 Å². The molecule has 0 aromatic carbocycles. The van der Waals surface area contributed by atoms with Crippen LogP contribution in [-0.2, 0) is 36.8 Å². The molecule has 2 unspecified atom stereocenters. The molecule has 2 aliphatic rings. The van der Waals surface area contributed by atoms with Crippen LogP contribution in [0.3, 0.4) is 0 Å². The summed E-state index contributed by atoms with van der Waals surface area (Å²) in [7, 11) is -11.3. The van der Waals surface area contributed by atoms with Crippen molar-refractivity contribution in [1.29, 1.82) is 0 Å². The van der Waals surface area contributed by atoms with Crippen LogP contribution in [0.2, 0.25) is 0 Å².